The lowest BCUT2D eigenvalue weighted by Gasteiger charge is -2.17. The van der Waals surface area contributed by atoms with Gasteiger partial charge in [-0.05, 0) is 100 Å². The molecule has 0 spiro atoms. The molecule has 4 aromatic rings. The molecule has 0 radical (unpaired) electrons. The number of methoxy groups -OCH3 is 1. The molecule has 0 aliphatic carbocycles. The highest BCUT2D eigenvalue weighted by atomic mass is 16.5. The summed E-state index contributed by atoms with van der Waals surface area (Å²) in [5.41, 5.74) is 4.74. The Bertz CT molecular complexity index is 1520. The lowest BCUT2D eigenvalue weighted by atomic mass is 10.1. The predicted octanol–water partition coefficient (Wildman–Crippen LogP) is 5.99. The molecule has 0 saturated carbocycles. The Balaban J connectivity index is 1.30. The van der Waals surface area contributed by atoms with Gasteiger partial charge in [-0.1, -0.05) is 6.07 Å². The minimum atomic E-state index is 0.00114. The van der Waals surface area contributed by atoms with E-state index in [1.165, 1.54) is 25.7 Å². The molecule has 1 aromatic heterocycles. The van der Waals surface area contributed by atoms with E-state index >= 15 is 0 Å². The van der Waals surface area contributed by atoms with Crippen molar-refractivity contribution in [3.05, 3.63) is 60.7 Å². The second kappa shape index (κ2) is 13.4. The molecule has 2 amide bonds. The zero-order valence-corrected chi connectivity index (χ0v) is 24.8. The first-order chi connectivity index (χ1) is 21.0. The Kier molecular flexibility index (Phi) is 9.00. The number of amides is 2. The lowest BCUT2D eigenvalue weighted by molar-refractivity contribution is -0.117. The van der Waals surface area contributed by atoms with Gasteiger partial charge >= 0.3 is 0 Å². The number of hydrogen-bond acceptors (Lipinski definition) is 7. The first-order valence-corrected chi connectivity index (χ1v) is 15.4. The van der Waals surface area contributed by atoms with Crippen LogP contribution in [-0.2, 0) is 9.59 Å². The molecule has 2 fully saturated rings. The fraction of sp³-hybridized carbons (Fsp3) is 0.382. The van der Waals surface area contributed by atoms with Crippen molar-refractivity contribution in [3.63, 3.8) is 0 Å². The van der Waals surface area contributed by atoms with Gasteiger partial charge in [-0.3, -0.25) is 9.59 Å². The van der Waals surface area contributed by atoms with Crippen LogP contribution in [-0.4, -0.2) is 73.0 Å². The van der Waals surface area contributed by atoms with Crippen molar-refractivity contribution in [2.45, 2.75) is 38.5 Å². The van der Waals surface area contributed by atoms with E-state index in [0.29, 0.717) is 12.8 Å². The summed E-state index contributed by atoms with van der Waals surface area (Å²) in [7, 11) is 1.65. The van der Waals surface area contributed by atoms with Gasteiger partial charge in [0.1, 0.15) is 5.75 Å². The number of ether oxygens (including phenoxy) is 1. The molecule has 43 heavy (non-hydrogen) atoms. The number of nitrogens with zero attached hydrogens (tertiary/aromatic N) is 3. The molecule has 224 valence electrons. The molecule has 9 heteroatoms. The maximum Gasteiger partial charge on any atom is 0.225 e. The van der Waals surface area contributed by atoms with E-state index in [4.69, 9.17) is 9.72 Å². The summed E-state index contributed by atoms with van der Waals surface area (Å²) in [6.07, 6.45) is 5.76. The summed E-state index contributed by atoms with van der Waals surface area (Å²) in [6.45, 7) is 5.84. The number of benzene rings is 3. The van der Waals surface area contributed by atoms with Crippen molar-refractivity contribution < 1.29 is 14.3 Å². The number of nitrogens with one attached hydrogen (secondary N) is 3. The van der Waals surface area contributed by atoms with Gasteiger partial charge in [-0.2, -0.15) is 0 Å². The molecule has 9 nitrogen and oxygen atoms in total. The van der Waals surface area contributed by atoms with Gasteiger partial charge in [0, 0.05) is 59.8 Å². The number of pyridine rings is 1. The summed E-state index contributed by atoms with van der Waals surface area (Å²) in [4.78, 5) is 35.3. The highest BCUT2D eigenvalue weighted by Crippen LogP contribution is 2.36. The van der Waals surface area contributed by atoms with Crippen LogP contribution in [0.2, 0.25) is 0 Å². The van der Waals surface area contributed by atoms with E-state index in [1.54, 1.807) is 7.11 Å². The predicted molar refractivity (Wildman–Crippen MR) is 173 cm³/mol. The minimum Gasteiger partial charge on any atom is -0.497 e. The van der Waals surface area contributed by atoms with Gasteiger partial charge in [0.05, 0.1) is 23.8 Å². The van der Waals surface area contributed by atoms with Crippen molar-refractivity contribution in [2.75, 3.05) is 62.3 Å². The number of carbonyl (C=O) groups excluding carboxylic acids is 2. The summed E-state index contributed by atoms with van der Waals surface area (Å²) in [5, 5.41) is 11.5. The van der Waals surface area contributed by atoms with Gasteiger partial charge in [-0.15, -0.1) is 0 Å². The van der Waals surface area contributed by atoms with E-state index in [1.807, 2.05) is 60.7 Å². The van der Waals surface area contributed by atoms with Crippen molar-refractivity contribution in [1.29, 1.82) is 0 Å². The Morgan fingerprint density at radius 3 is 1.77 bits per heavy atom. The summed E-state index contributed by atoms with van der Waals surface area (Å²) in [5.74, 6) is 0.743. The van der Waals surface area contributed by atoms with Crippen LogP contribution < -0.4 is 20.7 Å². The maximum atomic E-state index is 12.8. The van der Waals surface area contributed by atoms with E-state index < -0.39 is 0 Å². The monoisotopic (exact) mass is 580 g/mol. The molecule has 0 unspecified atom stereocenters. The number of anilines is 4. The summed E-state index contributed by atoms with van der Waals surface area (Å²) in [6, 6.07) is 19.4. The van der Waals surface area contributed by atoms with Gasteiger partial charge in [0.25, 0.3) is 0 Å². The van der Waals surface area contributed by atoms with Crippen molar-refractivity contribution in [1.82, 2.24) is 14.8 Å². The van der Waals surface area contributed by atoms with E-state index in [9.17, 15) is 9.59 Å². The molecular formula is C34H40N6O3. The normalized spacial score (nSPS) is 15.7. The van der Waals surface area contributed by atoms with Crippen LogP contribution in [0, 0.1) is 0 Å². The fourth-order valence-corrected chi connectivity index (χ4v) is 6.06. The molecule has 3 N–H and O–H groups in total. The first kappa shape index (κ1) is 28.9. The third kappa shape index (κ3) is 7.24. The fourth-order valence-electron chi connectivity index (χ4n) is 6.06. The number of aromatic nitrogens is 1. The Hall–Kier alpha value is -4.21. The number of carbonyl (C=O) groups is 2. The van der Waals surface area contributed by atoms with Gasteiger partial charge in [0.2, 0.25) is 11.8 Å². The van der Waals surface area contributed by atoms with Gasteiger partial charge in [-0.25, -0.2) is 4.98 Å². The van der Waals surface area contributed by atoms with Crippen LogP contribution in [0.1, 0.15) is 38.5 Å². The van der Waals surface area contributed by atoms with Gasteiger partial charge < -0.3 is 30.5 Å². The van der Waals surface area contributed by atoms with Crippen molar-refractivity contribution in [2.24, 2.45) is 0 Å². The van der Waals surface area contributed by atoms with Crippen LogP contribution in [0.4, 0.5) is 22.7 Å². The zero-order valence-electron chi connectivity index (χ0n) is 24.8. The minimum absolute atomic E-state index is 0.00114. The van der Waals surface area contributed by atoms with Crippen molar-refractivity contribution in [3.8, 4) is 5.75 Å². The smallest absolute Gasteiger partial charge is 0.225 e. The molecule has 2 aliphatic heterocycles. The first-order valence-electron chi connectivity index (χ1n) is 15.4. The van der Waals surface area contributed by atoms with Crippen LogP contribution in [0.3, 0.4) is 0 Å². The lowest BCUT2D eigenvalue weighted by Crippen LogP contribution is -2.25. The summed E-state index contributed by atoms with van der Waals surface area (Å²) < 4.78 is 5.46. The van der Waals surface area contributed by atoms with Gasteiger partial charge in [0.15, 0.2) is 0 Å². The average molecular weight is 581 g/mol. The average Bonchev–Trinajstić information content (AvgIpc) is 3.74. The van der Waals surface area contributed by atoms with Crippen LogP contribution in [0.15, 0.2) is 60.7 Å². The van der Waals surface area contributed by atoms with Crippen LogP contribution in [0.5, 0.6) is 5.75 Å². The number of rotatable bonds is 11. The zero-order chi connectivity index (χ0) is 29.6. The molecule has 2 aliphatic rings. The Labute approximate surface area is 252 Å². The standard InChI is InChI=1S/C34H40N6O3/c1-43-27-8-6-7-24(21-27)37-34-28-22-25(35-32(41)13-19-39-15-2-3-16-39)9-11-30(28)38-31-12-10-26(23-29(31)34)36-33(42)14-20-40-17-4-5-18-40/h6-12,21-23H,2-5,13-20H2,1H3,(H,35,41)(H,36,42)(H,37,38). The topological polar surface area (TPSA) is 98.8 Å². The molecule has 3 heterocycles. The summed E-state index contributed by atoms with van der Waals surface area (Å²) >= 11 is 0. The number of likely N-dealkylation sites (tertiary alicyclic amines) is 2. The maximum absolute atomic E-state index is 12.8. The largest absolute Gasteiger partial charge is 0.497 e. The van der Waals surface area contributed by atoms with E-state index in [0.717, 1.165) is 89.6 Å². The number of hydrogen-bond donors (Lipinski definition) is 3. The molecule has 0 atom stereocenters. The highest BCUT2D eigenvalue weighted by Gasteiger charge is 2.16. The molecule has 6 rings (SSSR count). The quantitative estimate of drug-likeness (QED) is 0.188. The molecule has 2 saturated heterocycles. The van der Waals surface area contributed by atoms with E-state index in [2.05, 4.69) is 25.8 Å². The van der Waals surface area contributed by atoms with E-state index in [-0.39, 0.29) is 11.8 Å². The van der Waals surface area contributed by atoms with Crippen molar-refractivity contribution >= 4 is 56.4 Å². The molecular weight excluding hydrogens is 540 g/mol. The van der Waals surface area contributed by atoms with Crippen LogP contribution in [0.25, 0.3) is 21.8 Å². The highest BCUT2D eigenvalue weighted by molar-refractivity contribution is 6.11. The SMILES string of the molecule is COc1cccc(Nc2c3cc(NC(=O)CCN4CCCC4)ccc3nc3ccc(NC(=O)CCN4CCCC4)cc23)c1. The third-order valence-electron chi connectivity index (χ3n) is 8.39. The number of fused-ring (bicyclic) bond motifs is 2. The Morgan fingerprint density at radius 1 is 0.721 bits per heavy atom. The molecule has 3 aromatic carbocycles. The third-order valence-corrected chi connectivity index (χ3v) is 8.39. The Morgan fingerprint density at radius 2 is 1.26 bits per heavy atom. The second-order valence-corrected chi connectivity index (χ2v) is 11.5. The second-order valence-electron chi connectivity index (χ2n) is 11.5. The molecule has 0 bridgehead atoms. The van der Waals surface area contributed by atoms with Crippen LogP contribution >= 0.6 is 0 Å².